The highest BCUT2D eigenvalue weighted by atomic mass is 35.5. The van der Waals surface area contributed by atoms with Crippen molar-refractivity contribution in [1.82, 2.24) is 0 Å². The van der Waals surface area contributed by atoms with E-state index in [0.717, 1.165) is 18.9 Å². The molecule has 110 valence electrons. The Morgan fingerprint density at radius 3 is 2.76 bits per heavy atom. The molecule has 1 aliphatic carbocycles. The van der Waals surface area contributed by atoms with E-state index in [4.69, 9.17) is 11.6 Å². The summed E-state index contributed by atoms with van der Waals surface area (Å²) >= 11 is 5.77. The number of hydrogen-bond donors (Lipinski definition) is 1. The van der Waals surface area contributed by atoms with Crippen molar-refractivity contribution in [3.05, 3.63) is 33.6 Å². The monoisotopic (exact) mass is 317 g/mol. The van der Waals surface area contributed by atoms with E-state index in [1.807, 2.05) is 0 Å². The molecular formula is C13H9ClF3N2O2+. The Bertz CT molecular complexity index is 676. The molecule has 1 saturated carbocycles. The van der Waals surface area contributed by atoms with Gasteiger partial charge in [0.05, 0.1) is 11.6 Å². The molecule has 4 nitrogen and oxygen atoms in total. The zero-order valence-electron chi connectivity index (χ0n) is 10.5. The van der Waals surface area contributed by atoms with Crippen LogP contribution in [-0.2, 0) is 10.5 Å². The minimum Gasteiger partial charge on any atom is -0.359 e. The second-order valence-electron chi connectivity index (χ2n) is 4.86. The van der Waals surface area contributed by atoms with Crippen LogP contribution in [0.15, 0.2) is 18.2 Å². The van der Waals surface area contributed by atoms with Crippen LogP contribution in [0.1, 0.15) is 18.4 Å². The fourth-order valence-corrected chi connectivity index (χ4v) is 2.15. The van der Waals surface area contributed by atoms with Crippen molar-refractivity contribution in [2.45, 2.75) is 24.7 Å². The van der Waals surface area contributed by atoms with Gasteiger partial charge in [0.2, 0.25) is 0 Å². The Hall–Kier alpha value is -1.94. The Morgan fingerprint density at radius 2 is 2.14 bits per heavy atom. The Balaban J connectivity index is 2.22. The summed E-state index contributed by atoms with van der Waals surface area (Å²) < 4.78 is 45.2. The van der Waals surface area contributed by atoms with E-state index in [0.29, 0.717) is 0 Å². The number of hydrogen-bond acceptors (Lipinski definition) is 2. The zero-order valence-corrected chi connectivity index (χ0v) is 11.3. The van der Waals surface area contributed by atoms with Gasteiger partial charge in [0.1, 0.15) is 5.56 Å². The van der Waals surface area contributed by atoms with Gasteiger partial charge in [-0.3, -0.25) is 5.32 Å². The maximum Gasteiger partial charge on any atom is 0.549 e. The van der Waals surface area contributed by atoms with Gasteiger partial charge in [-0.25, -0.2) is 4.79 Å². The third kappa shape index (κ3) is 2.40. The number of fused-ring (bicyclic) bond motifs is 1. The van der Waals surface area contributed by atoms with Gasteiger partial charge >= 0.3 is 18.0 Å². The topological polar surface area (TPSA) is 42.7 Å². The van der Waals surface area contributed by atoms with Gasteiger partial charge in [-0.1, -0.05) is 11.6 Å². The molecule has 3 rings (SSSR count). The van der Waals surface area contributed by atoms with Crippen molar-refractivity contribution in [1.29, 1.82) is 0 Å². The lowest BCUT2D eigenvalue weighted by Gasteiger charge is -2.27. The van der Waals surface area contributed by atoms with Gasteiger partial charge in [0.25, 0.3) is 6.07 Å². The molecule has 2 aliphatic rings. The predicted octanol–water partition coefficient (Wildman–Crippen LogP) is 4.36. The molecule has 1 unspecified atom stereocenters. The number of amides is 1. The van der Waals surface area contributed by atoms with Crippen LogP contribution in [0.3, 0.4) is 0 Å². The number of benzene rings is 1. The molecule has 1 aromatic carbocycles. The van der Waals surface area contributed by atoms with Crippen molar-refractivity contribution in [2.75, 3.05) is 5.32 Å². The third-order valence-electron chi connectivity index (χ3n) is 3.19. The molecule has 1 amide bonds. The quantitative estimate of drug-likeness (QED) is 0.772. The maximum absolute atomic E-state index is 13.6. The largest absolute Gasteiger partial charge is 0.549 e. The number of halogens is 4. The molecule has 1 heterocycles. The molecule has 1 fully saturated rings. The molecule has 1 aliphatic heterocycles. The van der Waals surface area contributed by atoms with E-state index < -0.39 is 18.0 Å². The van der Waals surface area contributed by atoms with Crippen molar-refractivity contribution in [3.63, 3.8) is 0 Å². The standard InChI is InChI=1S/C13H8ClF3N2O2/c14-8-3-4-10-9(5-8)12(13(15,16)17,21-11(20)19-10)18-6-7-1-2-7/h3-5,7H,1-2H2/p+1. The highest BCUT2D eigenvalue weighted by Gasteiger charge is 2.74. The fraction of sp³-hybridized carbons (Fsp3) is 0.385. The Labute approximate surface area is 122 Å². The summed E-state index contributed by atoms with van der Waals surface area (Å²) in [6, 6.07) is 6.16. The highest BCUT2D eigenvalue weighted by molar-refractivity contribution is 6.30. The number of nitrogens with zero attached hydrogens (tertiary/aromatic N) is 1. The smallest absolute Gasteiger partial charge is 0.359 e. The lowest BCUT2D eigenvalue weighted by Crippen LogP contribution is -2.48. The van der Waals surface area contributed by atoms with E-state index in [9.17, 15) is 18.0 Å². The van der Waals surface area contributed by atoms with E-state index >= 15 is 0 Å². The van der Waals surface area contributed by atoms with E-state index in [-0.39, 0.29) is 22.2 Å². The molecule has 0 saturated heterocycles. The van der Waals surface area contributed by atoms with Gasteiger partial charge in [-0.2, -0.15) is 13.2 Å². The summed E-state index contributed by atoms with van der Waals surface area (Å²) in [5, 5.41) is 2.30. The number of carbonyl (C=O) groups excluding carboxylic acids is 1. The molecule has 1 atom stereocenters. The van der Waals surface area contributed by atoms with Gasteiger partial charge < -0.3 is 4.74 Å². The summed E-state index contributed by atoms with van der Waals surface area (Å²) in [7, 11) is 0. The lowest BCUT2D eigenvalue weighted by molar-refractivity contribution is -0.245. The van der Waals surface area contributed by atoms with Crippen LogP contribution in [0.5, 0.6) is 0 Å². The summed E-state index contributed by atoms with van der Waals surface area (Å²) in [4.78, 5) is 14.9. The second-order valence-corrected chi connectivity index (χ2v) is 5.30. The zero-order chi connectivity index (χ0) is 15.3. The van der Waals surface area contributed by atoms with E-state index in [1.54, 1.807) is 0 Å². The summed E-state index contributed by atoms with van der Waals surface area (Å²) in [6.07, 6.45) is -4.69. The first-order chi connectivity index (χ1) is 9.82. The summed E-state index contributed by atoms with van der Waals surface area (Å²) in [6.45, 7) is 0. The summed E-state index contributed by atoms with van der Waals surface area (Å²) in [5.41, 5.74) is -3.48. The van der Waals surface area contributed by atoms with Crippen molar-refractivity contribution in [3.8, 4) is 6.07 Å². The lowest BCUT2D eigenvalue weighted by atomic mass is 9.99. The van der Waals surface area contributed by atoms with Crippen LogP contribution < -0.4 is 5.32 Å². The third-order valence-corrected chi connectivity index (χ3v) is 3.43. The molecule has 1 aromatic rings. The number of cyclic esters (lactones) is 1. The number of ether oxygens (including phenoxy) is 1. The average Bonchev–Trinajstić information content (AvgIpc) is 3.19. The molecular weight excluding hydrogens is 309 g/mol. The van der Waals surface area contributed by atoms with E-state index in [2.05, 4.69) is 21.0 Å². The Kier molecular flexibility index (Phi) is 3.02. The van der Waals surface area contributed by atoms with Gasteiger partial charge in [-0.15, -0.1) is 0 Å². The number of rotatable bonds is 0. The Morgan fingerprint density at radius 1 is 1.43 bits per heavy atom. The van der Waals surface area contributed by atoms with Gasteiger partial charge in [0, 0.05) is 5.02 Å². The normalized spacial score (nSPS) is 24.3. The molecule has 0 bridgehead atoms. The van der Waals surface area contributed by atoms with Crippen LogP contribution in [0, 0.1) is 12.0 Å². The highest BCUT2D eigenvalue weighted by Crippen LogP contribution is 2.49. The van der Waals surface area contributed by atoms with Crippen molar-refractivity contribution < 1.29 is 22.7 Å². The summed E-state index contributed by atoms with van der Waals surface area (Å²) in [5.74, 6) is -0.125. The van der Waals surface area contributed by atoms with E-state index in [1.165, 1.54) is 12.1 Å². The van der Waals surface area contributed by atoms with Gasteiger partial charge in [-0.05, 0) is 35.9 Å². The van der Waals surface area contributed by atoms with Gasteiger partial charge in [0.15, 0.2) is 0 Å². The number of carbonyl (C=O) groups is 1. The molecule has 0 aromatic heterocycles. The molecule has 21 heavy (non-hydrogen) atoms. The predicted molar refractivity (Wildman–Crippen MR) is 69.3 cm³/mol. The fourth-order valence-electron chi connectivity index (χ4n) is 1.98. The molecule has 1 N–H and O–H groups in total. The minimum absolute atomic E-state index is 0.0330. The van der Waals surface area contributed by atoms with Crippen molar-refractivity contribution >= 4 is 23.4 Å². The van der Waals surface area contributed by atoms with Crippen LogP contribution >= 0.6 is 11.6 Å². The number of nitrogens with one attached hydrogen (secondary N) is 1. The molecule has 8 heteroatoms. The van der Waals surface area contributed by atoms with Crippen LogP contribution in [-0.4, -0.2) is 12.3 Å². The average molecular weight is 318 g/mol. The first-order valence-electron chi connectivity index (χ1n) is 6.16. The van der Waals surface area contributed by atoms with Crippen molar-refractivity contribution in [2.24, 2.45) is 5.92 Å². The minimum atomic E-state index is -4.92. The molecule has 0 radical (unpaired) electrons. The maximum atomic E-state index is 13.6. The SMILES string of the molecule is O=C1Nc2ccc(Cl)cc2C([N+]#CC2CC2)(C(F)(F)F)O1. The number of alkyl halides is 3. The first kappa shape index (κ1) is 14.0. The van der Waals surface area contributed by atoms with Crippen LogP contribution in [0.4, 0.5) is 23.7 Å². The van der Waals surface area contributed by atoms with Crippen LogP contribution in [0.2, 0.25) is 5.02 Å². The molecule has 0 spiro atoms. The first-order valence-corrected chi connectivity index (χ1v) is 6.54. The second kappa shape index (κ2) is 4.53. The van der Waals surface area contributed by atoms with Crippen LogP contribution in [0.25, 0.3) is 4.85 Å². The number of anilines is 1.